The summed E-state index contributed by atoms with van der Waals surface area (Å²) in [6, 6.07) is 1.78. The Morgan fingerprint density at radius 1 is 1.58 bits per heavy atom. The van der Waals surface area contributed by atoms with E-state index in [1.165, 1.54) is 0 Å². The first-order valence-corrected chi connectivity index (χ1v) is 4.15. The topological polar surface area (TPSA) is 52.0 Å². The summed E-state index contributed by atoms with van der Waals surface area (Å²) in [5.74, 6) is 0.768. The molecule has 1 aromatic rings. The maximum Gasteiger partial charge on any atom is 0.153 e. The Kier molecular flexibility index (Phi) is 2.52. The second-order valence-corrected chi connectivity index (χ2v) is 4.29. The molecule has 3 heteroatoms. The SMILES string of the molecule is CC(C)(C)CC(N)c1ccno1. The molecule has 12 heavy (non-hydrogen) atoms. The minimum atomic E-state index is -0.0347. The van der Waals surface area contributed by atoms with Crippen LogP contribution >= 0.6 is 0 Å². The average molecular weight is 168 g/mol. The van der Waals surface area contributed by atoms with Crippen molar-refractivity contribution in [3.63, 3.8) is 0 Å². The third-order valence-electron chi connectivity index (χ3n) is 1.66. The van der Waals surface area contributed by atoms with E-state index in [0.717, 1.165) is 12.2 Å². The quantitative estimate of drug-likeness (QED) is 0.735. The Labute approximate surface area is 72.9 Å². The predicted octanol–water partition coefficient (Wildman–Crippen LogP) is 2.11. The van der Waals surface area contributed by atoms with Gasteiger partial charge in [0.2, 0.25) is 0 Å². The van der Waals surface area contributed by atoms with Gasteiger partial charge in [0.15, 0.2) is 5.76 Å². The van der Waals surface area contributed by atoms with Crippen LogP contribution in [0, 0.1) is 5.41 Å². The van der Waals surface area contributed by atoms with Crippen molar-refractivity contribution in [2.24, 2.45) is 11.1 Å². The van der Waals surface area contributed by atoms with E-state index in [0.29, 0.717) is 0 Å². The Hall–Kier alpha value is -0.830. The second-order valence-electron chi connectivity index (χ2n) is 4.29. The van der Waals surface area contributed by atoms with Gasteiger partial charge in [0.25, 0.3) is 0 Å². The fraction of sp³-hybridized carbons (Fsp3) is 0.667. The van der Waals surface area contributed by atoms with Crippen molar-refractivity contribution in [3.8, 4) is 0 Å². The van der Waals surface area contributed by atoms with Gasteiger partial charge in [-0.05, 0) is 11.8 Å². The molecular weight excluding hydrogens is 152 g/mol. The van der Waals surface area contributed by atoms with Gasteiger partial charge in [-0.3, -0.25) is 0 Å². The molecule has 0 aliphatic rings. The smallest absolute Gasteiger partial charge is 0.153 e. The summed E-state index contributed by atoms with van der Waals surface area (Å²) in [5, 5.41) is 3.62. The van der Waals surface area contributed by atoms with Gasteiger partial charge in [0.1, 0.15) is 0 Å². The first-order chi connectivity index (χ1) is 5.49. The van der Waals surface area contributed by atoms with Crippen molar-refractivity contribution in [3.05, 3.63) is 18.0 Å². The molecule has 0 spiro atoms. The molecular formula is C9H16N2O. The zero-order valence-electron chi connectivity index (χ0n) is 7.87. The second kappa shape index (κ2) is 3.27. The van der Waals surface area contributed by atoms with Crippen LogP contribution in [0.1, 0.15) is 39.0 Å². The lowest BCUT2D eigenvalue weighted by atomic mass is 9.88. The van der Waals surface area contributed by atoms with Crippen molar-refractivity contribution in [2.75, 3.05) is 0 Å². The molecule has 2 N–H and O–H groups in total. The third kappa shape index (κ3) is 2.66. The Balaban J connectivity index is 2.56. The Bertz CT molecular complexity index is 223. The first kappa shape index (κ1) is 9.26. The van der Waals surface area contributed by atoms with Gasteiger partial charge in [-0.1, -0.05) is 25.9 Å². The van der Waals surface area contributed by atoms with Gasteiger partial charge in [0.05, 0.1) is 12.2 Å². The van der Waals surface area contributed by atoms with Crippen LogP contribution in [-0.2, 0) is 0 Å². The van der Waals surface area contributed by atoms with E-state index in [-0.39, 0.29) is 11.5 Å². The molecule has 0 saturated carbocycles. The first-order valence-electron chi connectivity index (χ1n) is 4.15. The summed E-state index contributed by atoms with van der Waals surface area (Å²) in [4.78, 5) is 0. The fourth-order valence-corrected chi connectivity index (χ4v) is 1.18. The van der Waals surface area contributed by atoms with Crippen LogP contribution in [0.5, 0.6) is 0 Å². The van der Waals surface area contributed by atoms with Crippen LogP contribution in [0.3, 0.4) is 0 Å². The van der Waals surface area contributed by atoms with E-state index in [2.05, 4.69) is 25.9 Å². The summed E-state index contributed by atoms with van der Waals surface area (Å²) >= 11 is 0. The molecule has 1 unspecified atom stereocenters. The standard InChI is InChI=1S/C9H16N2O/c1-9(2,3)6-7(10)8-4-5-11-12-8/h4-5,7H,6,10H2,1-3H3. The lowest BCUT2D eigenvalue weighted by Crippen LogP contribution is -2.18. The van der Waals surface area contributed by atoms with E-state index in [1.807, 2.05) is 6.07 Å². The number of hydrogen-bond donors (Lipinski definition) is 1. The van der Waals surface area contributed by atoms with Crippen LogP contribution in [0.2, 0.25) is 0 Å². The van der Waals surface area contributed by atoms with Gasteiger partial charge in [-0.2, -0.15) is 0 Å². The highest BCUT2D eigenvalue weighted by Crippen LogP contribution is 2.27. The average Bonchev–Trinajstić information content (AvgIpc) is 2.32. The maximum absolute atomic E-state index is 5.89. The minimum absolute atomic E-state index is 0.0347. The van der Waals surface area contributed by atoms with Gasteiger partial charge in [0, 0.05) is 6.07 Å². The lowest BCUT2D eigenvalue weighted by Gasteiger charge is -2.21. The predicted molar refractivity (Wildman–Crippen MR) is 47.5 cm³/mol. The third-order valence-corrected chi connectivity index (χ3v) is 1.66. The highest BCUT2D eigenvalue weighted by molar-refractivity contribution is 5.00. The molecule has 0 aromatic carbocycles. The van der Waals surface area contributed by atoms with Crippen LogP contribution in [-0.4, -0.2) is 5.16 Å². The van der Waals surface area contributed by atoms with E-state index >= 15 is 0 Å². The monoisotopic (exact) mass is 168 g/mol. The van der Waals surface area contributed by atoms with Crippen LogP contribution in [0.25, 0.3) is 0 Å². The molecule has 1 heterocycles. The van der Waals surface area contributed by atoms with Crippen LogP contribution in [0.4, 0.5) is 0 Å². The van der Waals surface area contributed by atoms with Crippen LogP contribution in [0.15, 0.2) is 16.8 Å². The molecule has 0 amide bonds. The molecule has 0 bridgehead atoms. The van der Waals surface area contributed by atoms with E-state index in [4.69, 9.17) is 10.3 Å². The number of hydrogen-bond acceptors (Lipinski definition) is 3. The molecule has 0 aliphatic heterocycles. The van der Waals surface area contributed by atoms with Gasteiger partial charge in [-0.15, -0.1) is 0 Å². The summed E-state index contributed by atoms with van der Waals surface area (Å²) in [7, 11) is 0. The van der Waals surface area contributed by atoms with Crippen molar-refractivity contribution in [1.29, 1.82) is 0 Å². The number of nitrogens with two attached hydrogens (primary N) is 1. The van der Waals surface area contributed by atoms with Gasteiger partial charge in [-0.25, -0.2) is 0 Å². The highest BCUT2D eigenvalue weighted by Gasteiger charge is 2.18. The van der Waals surface area contributed by atoms with E-state index in [1.54, 1.807) is 6.20 Å². The Morgan fingerprint density at radius 3 is 2.67 bits per heavy atom. The van der Waals surface area contributed by atoms with Crippen molar-refractivity contribution in [1.82, 2.24) is 5.16 Å². The van der Waals surface area contributed by atoms with E-state index in [9.17, 15) is 0 Å². The summed E-state index contributed by atoms with van der Waals surface area (Å²) in [5.41, 5.74) is 6.12. The lowest BCUT2D eigenvalue weighted by molar-refractivity contribution is 0.293. The molecule has 1 rings (SSSR count). The zero-order valence-corrected chi connectivity index (χ0v) is 7.87. The highest BCUT2D eigenvalue weighted by atomic mass is 16.5. The number of nitrogens with zero attached hydrogens (tertiary/aromatic N) is 1. The normalized spacial score (nSPS) is 14.7. The molecule has 1 atom stereocenters. The van der Waals surface area contributed by atoms with Crippen molar-refractivity contribution >= 4 is 0 Å². The van der Waals surface area contributed by atoms with Crippen molar-refractivity contribution in [2.45, 2.75) is 33.2 Å². The maximum atomic E-state index is 5.89. The number of rotatable bonds is 2. The largest absolute Gasteiger partial charge is 0.360 e. The summed E-state index contributed by atoms with van der Waals surface area (Å²) in [6.45, 7) is 6.47. The Morgan fingerprint density at radius 2 is 2.25 bits per heavy atom. The minimum Gasteiger partial charge on any atom is -0.360 e. The summed E-state index contributed by atoms with van der Waals surface area (Å²) < 4.78 is 4.97. The van der Waals surface area contributed by atoms with Gasteiger partial charge >= 0.3 is 0 Å². The van der Waals surface area contributed by atoms with E-state index < -0.39 is 0 Å². The molecule has 1 aromatic heterocycles. The van der Waals surface area contributed by atoms with Crippen LogP contribution < -0.4 is 5.73 Å². The zero-order chi connectivity index (χ0) is 9.19. The van der Waals surface area contributed by atoms with Crippen molar-refractivity contribution < 1.29 is 4.52 Å². The molecule has 0 fully saturated rings. The molecule has 3 nitrogen and oxygen atoms in total. The van der Waals surface area contributed by atoms with Gasteiger partial charge < -0.3 is 10.3 Å². The molecule has 68 valence electrons. The fourth-order valence-electron chi connectivity index (χ4n) is 1.18. The molecule has 0 radical (unpaired) electrons. The molecule has 0 aliphatic carbocycles. The summed E-state index contributed by atoms with van der Waals surface area (Å²) in [6.07, 6.45) is 2.53. The number of aromatic nitrogens is 1. The molecule has 0 saturated heterocycles.